The Morgan fingerprint density at radius 3 is 2.33 bits per heavy atom. The zero-order valence-electron chi connectivity index (χ0n) is 21.6. The summed E-state index contributed by atoms with van der Waals surface area (Å²) < 4.78 is 54.2. The lowest BCUT2D eigenvalue weighted by atomic mass is 10.0. The van der Waals surface area contributed by atoms with Crippen molar-refractivity contribution in [2.24, 2.45) is 0 Å². The molecule has 1 saturated heterocycles. The minimum Gasteiger partial charge on any atom is -0.497 e. The van der Waals surface area contributed by atoms with Gasteiger partial charge in [-0.25, -0.2) is 0 Å². The van der Waals surface area contributed by atoms with Crippen LogP contribution in [0.3, 0.4) is 0 Å². The van der Waals surface area contributed by atoms with Gasteiger partial charge in [0.05, 0.1) is 37.3 Å². The molecule has 5 rings (SSSR count). The fraction of sp³-hybridized carbons (Fsp3) is 0.370. The van der Waals surface area contributed by atoms with Crippen molar-refractivity contribution in [3.05, 3.63) is 57.9 Å². The molecule has 206 valence electrons. The van der Waals surface area contributed by atoms with Crippen molar-refractivity contribution in [3.63, 3.8) is 0 Å². The van der Waals surface area contributed by atoms with Crippen LogP contribution in [0, 0.1) is 0 Å². The molecule has 2 aromatic carbocycles. The highest BCUT2D eigenvalue weighted by molar-refractivity contribution is 5.95. The van der Waals surface area contributed by atoms with Crippen LogP contribution >= 0.6 is 0 Å². The predicted octanol–water partition coefficient (Wildman–Crippen LogP) is 3.42. The van der Waals surface area contributed by atoms with E-state index in [4.69, 9.17) is 9.47 Å². The molecule has 2 aliphatic heterocycles. The van der Waals surface area contributed by atoms with E-state index in [2.05, 4.69) is 5.10 Å². The molecule has 1 aromatic heterocycles. The number of alkyl halides is 3. The van der Waals surface area contributed by atoms with Gasteiger partial charge in [0.15, 0.2) is 0 Å². The first-order chi connectivity index (χ1) is 18.5. The molecule has 2 aliphatic rings. The van der Waals surface area contributed by atoms with E-state index in [-0.39, 0.29) is 24.5 Å². The maximum atomic E-state index is 14.2. The lowest BCUT2D eigenvalue weighted by Gasteiger charge is -2.23. The maximum Gasteiger partial charge on any atom is 0.418 e. The van der Waals surface area contributed by atoms with Crippen molar-refractivity contribution in [2.45, 2.75) is 32.0 Å². The van der Waals surface area contributed by atoms with E-state index in [1.165, 1.54) is 38.2 Å². The zero-order chi connectivity index (χ0) is 28.1. The van der Waals surface area contributed by atoms with Crippen molar-refractivity contribution in [1.82, 2.24) is 9.78 Å². The molecule has 12 heteroatoms. The molecular weight excluding hydrogens is 517 g/mol. The summed E-state index contributed by atoms with van der Waals surface area (Å²) in [6.07, 6.45) is -4.62. The summed E-state index contributed by atoms with van der Waals surface area (Å²) in [6.45, 7) is 2.20. The topological polar surface area (TPSA) is 97.1 Å². The van der Waals surface area contributed by atoms with Crippen LogP contribution in [0.4, 0.5) is 24.5 Å². The number of methoxy groups -OCH3 is 2. The van der Waals surface area contributed by atoms with Gasteiger partial charge in [0.1, 0.15) is 17.2 Å². The fourth-order valence-electron chi connectivity index (χ4n) is 5.16. The van der Waals surface area contributed by atoms with Crippen LogP contribution in [0.15, 0.2) is 41.2 Å². The number of ether oxygens (including phenoxy) is 2. The van der Waals surface area contributed by atoms with Gasteiger partial charge in [-0.3, -0.25) is 9.59 Å². The summed E-state index contributed by atoms with van der Waals surface area (Å²) >= 11 is 0. The zero-order valence-corrected chi connectivity index (χ0v) is 21.6. The summed E-state index contributed by atoms with van der Waals surface area (Å²) in [5, 5.41) is 14.4. The normalized spacial score (nSPS) is 16.9. The number of aromatic nitrogens is 2. The molecular formula is C27H27F3N4O5. The highest BCUT2D eigenvalue weighted by Gasteiger charge is 2.37. The maximum absolute atomic E-state index is 14.2. The van der Waals surface area contributed by atoms with Gasteiger partial charge in [-0.2, -0.15) is 23.0 Å². The Morgan fingerprint density at radius 2 is 1.77 bits per heavy atom. The molecule has 0 bridgehead atoms. The van der Waals surface area contributed by atoms with Crippen molar-refractivity contribution >= 4 is 17.3 Å². The molecule has 1 amide bonds. The van der Waals surface area contributed by atoms with E-state index < -0.39 is 35.0 Å². The third kappa shape index (κ3) is 4.80. The first kappa shape index (κ1) is 26.5. The third-order valence-corrected chi connectivity index (χ3v) is 7.07. The number of hydrogen-bond donors (Lipinski definition) is 1. The predicted molar refractivity (Wildman–Crippen MR) is 138 cm³/mol. The molecule has 0 unspecified atom stereocenters. The van der Waals surface area contributed by atoms with Gasteiger partial charge in [-0.1, -0.05) is 0 Å². The highest BCUT2D eigenvalue weighted by atomic mass is 19.4. The first-order valence-corrected chi connectivity index (χ1v) is 12.3. The second-order valence-corrected chi connectivity index (χ2v) is 9.50. The van der Waals surface area contributed by atoms with Crippen LogP contribution in [0.5, 0.6) is 11.5 Å². The molecule has 1 fully saturated rings. The van der Waals surface area contributed by atoms with Crippen molar-refractivity contribution in [3.8, 4) is 28.4 Å². The number of rotatable bonds is 5. The van der Waals surface area contributed by atoms with Gasteiger partial charge in [0, 0.05) is 49.4 Å². The summed E-state index contributed by atoms with van der Waals surface area (Å²) in [7, 11) is 2.93. The number of β-amino-alcohol motifs (C(OH)–C–C–N with tert-alkyl or cyclic N) is 1. The van der Waals surface area contributed by atoms with Gasteiger partial charge in [0.25, 0.3) is 5.56 Å². The standard InChI is InChI=1S/C27H27F3N4O5/c1-15(35)33-9-7-21-24(16-10-19(38-2)13-20(11-16)39-3)31-34(26(37)25(21)33)23-12-17(32-8-6-18(36)14-32)4-5-22(23)27(28,29)30/h4-5,10-13,18,36H,6-9,14H2,1-3H3/t18-/m0/s1. The number of benzene rings is 2. The van der Waals surface area contributed by atoms with Gasteiger partial charge in [0.2, 0.25) is 5.91 Å². The van der Waals surface area contributed by atoms with Crippen LogP contribution < -0.4 is 24.8 Å². The summed E-state index contributed by atoms with van der Waals surface area (Å²) in [5.41, 5.74) is -0.812. The number of carbonyl (C=O) groups is 1. The number of amides is 1. The van der Waals surface area contributed by atoms with Gasteiger partial charge < -0.3 is 24.4 Å². The Morgan fingerprint density at radius 1 is 1.08 bits per heavy atom. The molecule has 9 nitrogen and oxygen atoms in total. The molecule has 0 aliphatic carbocycles. The number of halogens is 3. The Balaban J connectivity index is 1.81. The molecule has 1 N–H and O–H groups in total. The number of aliphatic hydroxyl groups excluding tert-OH is 1. The average molecular weight is 545 g/mol. The van der Waals surface area contributed by atoms with Crippen molar-refractivity contribution in [2.75, 3.05) is 43.7 Å². The lowest BCUT2D eigenvalue weighted by molar-refractivity contribution is -0.137. The van der Waals surface area contributed by atoms with E-state index in [0.717, 1.165) is 10.7 Å². The molecule has 3 heterocycles. The molecule has 0 spiro atoms. The van der Waals surface area contributed by atoms with E-state index in [1.54, 1.807) is 23.1 Å². The fourth-order valence-corrected chi connectivity index (χ4v) is 5.16. The summed E-state index contributed by atoms with van der Waals surface area (Å²) in [5.74, 6) is 0.433. The Hall–Kier alpha value is -4.06. The number of nitrogens with zero attached hydrogens (tertiary/aromatic N) is 4. The smallest absolute Gasteiger partial charge is 0.418 e. The monoisotopic (exact) mass is 544 g/mol. The van der Waals surface area contributed by atoms with Gasteiger partial charge in [-0.05, 0) is 43.2 Å². The van der Waals surface area contributed by atoms with Crippen molar-refractivity contribution < 1.29 is 32.5 Å². The number of aliphatic hydroxyl groups is 1. The molecule has 0 radical (unpaired) electrons. The summed E-state index contributed by atoms with van der Waals surface area (Å²) in [6, 6.07) is 8.40. The first-order valence-electron chi connectivity index (χ1n) is 12.3. The highest BCUT2D eigenvalue weighted by Crippen LogP contribution is 2.39. The van der Waals surface area contributed by atoms with Crippen molar-refractivity contribution in [1.29, 1.82) is 0 Å². The van der Waals surface area contributed by atoms with E-state index in [9.17, 15) is 27.9 Å². The lowest BCUT2D eigenvalue weighted by Crippen LogP contribution is -2.34. The minimum absolute atomic E-state index is 0.00981. The molecule has 0 saturated carbocycles. The Labute approximate surface area is 222 Å². The van der Waals surface area contributed by atoms with Crippen LogP contribution in [0.25, 0.3) is 16.9 Å². The quantitative estimate of drug-likeness (QED) is 0.526. The van der Waals surface area contributed by atoms with Crippen LogP contribution in [-0.2, 0) is 17.4 Å². The van der Waals surface area contributed by atoms with E-state index in [0.29, 0.717) is 47.7 Å². The van der Waals surface area contributed by atoms with Crippen LogP contribution in [-0.4, -0.2) is 60.8 Å². The molecule has 1 atom stereocenters. The number of anilines is 2. The Bertz CT molecular complexity index is 1480. The molecule has 39 heavy (non-hydrogen) atoms. The molecule has 3 aromatic rings. The van der Waals surface area contributed by atoms with E-state index >= 15 is 0 Å². The van der Waals surface area contributed by atoms with E-state index in [1.807, 2.05) is 0 Å². The third-order valence-electron chi connectivity index (χ3n) is 7.07. The van der Waals surface area contributed by atoms with Gasteiger partial charge in [-0.15, -0.1) is 0 Å². The minimum atomic E-state index is -4.79. The number of hydrogen-bond acceptors (Lipinski definition) is 7. The van der Waals surface area contributed by atoms with Gasteiger partial charge >= 0.3 is 6.18 Å². The second kappa shape index (κ2) is 9.92. The second-order valence-electron chi connectivity index (χ2n) is 9.50. The van der Waals surface area contributed by atoms with Crippen LogP contribution in [0.1, 0.15) is 24.5 Å². The number of carbonyl (C=O) groups excluding carboxylic acids is 1. The average Bonchev–Trinajstić information content (AvgIpc) is 3.55. The SMILES string of the molecule is COc1cc(OC)cc(-c2nn(-c3cc(N4CC[C@H](O)C4)ccc3C(F)(F)F)c(=O)c3c2CCN3C(C)=O)c1. The largest absolute Gasteiger partial charge is 0.497 e. The van der Waals surface area contributed by atoms with Crippen LogP contribution in [0.2, 0.25) is 0 Å². The summed E-state index contributed by atoms with van der Waals surface area (Å²) in [4.78, 5) is 29.3. The number of fused-ring (bicyclic) bond motifs is 1. The Kier molecular flexibility index (Phi) is 6.75.